The summed E-state index contributed by atoms with van der Waals surface area (Å²) in [7, 11) is 0. The predicted octanol–water partition coefficient (Wildman–Crippen LogP) is 3.51. The van der Waals surface area contributed by atoms with E-state index in [1.807, 2.05) is 48.5 Å². The molecule has 0 saturated carbocycles. The Bertz CT molecular complexity index is 1220. The highest BCUT2D eigenvalue weighted by Gasteiger charge is 2.19. The van der Waals surface area contributed by atoms with E-state index in [-0.39, 0.29) is 6.54 Å². The van der Waals surface area contributed by atoms with Crippen molar-refractivity contribution in [2.24, 2.45) is 0 Å². The van der Waals surface area contributed by atoms with Crippen LogP contribution in [0.3, 0.4) is 0 Å². The Kier molecular flexibility index (Phi) is 5.43. The smallest absolute Gasteiger partial charge is 0.443 e. The molecule has 4 rings (SSSR count). The summed E-state index contributed by atoms with van der Waals surface area (Å²) in [6.07, 6.45) is -0.859. The molecule has 0 saturated heterocycles. The van der Waals surface area contributed by atoms with Crippen LogP contribution in [0.15, 0.2) is 89.7 Å². The van der Waals surface area contributed by atoms with Gasteiger partial charge in [0.2, 0.25) is 0 Å². The van der Waals surface area contributed by atoms with Gasteiger partial charge in [-0.1, -0.05) is 78.9 Å². The van der Waals surface area contributed by atoms with Gasteiger partial charge in [-0.3, -0.25) is 9.73 Å². The minimum atomic E-state index is -1.33. The van der Waals surface area contributed by atoms with Crippen LogP contribution in [0.5, 0.6) is 0 Å². The molecule has 0 unspecified atom stereocenters. The molecule has 1 aromatic heterocycles. The Morgan fingerprint density at radius 3 is 2.07 bits per heavy atom. The summed E-state index contributed by atoms with van der Waals surface area (Å²) >= 11 is 0. The first-order valence-corrected chi connectivity index (χ1v) is 9.39. The average Bonchev–Trinajstić information content (AvgIpc) is 2.78. The molecule has 1 N–H and O–H groups in total. The third-order valence-electron chi connectivity index (χ3n) is 4.63. The third-order valence-corrected chi connectivity index (χ3v) is 4.63. The Hall–Kier alpha value is -4.13. The van der Waals surface area contributed by atoms with Crippen molar-refractivity contribution in [1.29, 1.82) is 0 Å². The zero-order valence-corrected chi connectivity index (χ0v) is 16.0. The fourth-order valence-corrected chi connectivity index (χ4v) is 3.18. The molecule has 0 bridgehead atoms. The van der Waals surface area contributed by atoms with Gasteiger partial charge in [-0.05, 0) is 22.0 Å². The standard InChI is InChI=1S/C23H19N3O4/c27-22-20-14-8-7-13-19(20)21(15-17-9-3-1-4-10-17)24-26(22)30-25(23(28)29)16-18-11-5-2-6-12-18/h1-14H,15-16H2,(H,28,29). The monoisotopic (exact) mass is 401 g/mol. The van der Waals surface area contributed by atoms with Crippen LogP contribution in [0.2, 0.25) is 0 Å². The second-order valence-corrected chi connectivity index (χ2v) is 6.72. The van der Waals surface area contributed by atoms with Gasteiger partial charge in [0.05, 0.1) is 17.6 Å². The van der Waals surface area contributed by atoms with E-state index in [0.717, 1.165) is 16.0 Å². The number of rotatable bonds is 6. The summed E-state index contributed by atoms with van der Waals surface area (Å²) in [5.41, 5.74) is 1.82. The van der Waals surface area contributed by atoms with Gasteiger partial charge < -0.3 is 5.11 Å². The molecule has 0 spiro atoms. The van der Waals surface area contributed by atoms with Crippen molar-refractivity contribution in [3.05, 3.63) is 112 Å². The highest BCUT2D eigenvalue weighted by Crippen LogP contribution is 2.17. The number of benzene rings is 3. The largest absolute Gasteiger partial charge is 0.463 e. The molecule has 150 valence electrons. The van der Waals surface area contributed by atoms with Crippen LogP contribution in [-0.4, -0.2) is 26.2 Å². The first-order chi connectivity index (χ1) is 14.6. The fourth-order valence-electron chi connectivity index (χ4n) is 3.18. The lowest BCUT2D eigenvalue weighted by Gasteiger charge is -2.19. The normalized spacial score (nSPS) is 10.7. The van der Waals surface area contributed by atoms with E-state index >= 15 is 0 Å². The van der Waals surface area contributed by atoms with Gasteiger partial charge in [-0.25, -0.2) is 4.79 Å². The summed E-state index contributed by atoms with van der Waals surface area (Å²) in [4.78, 5) is 30.8. The first kappa shape index (κ1) is 19.2. The van der Waals surface area contributed by atoms with Crippen molar-refractivity contribution in [1.82, 2.24) is 15.0 Å². The van der Waals surface area contributed by atoms with Crippen LogP contribution < -0.4 is 10.5 Å². The molecule has 1 amide bonds. The van der Waals surface area contributed by atoms with Gasteiger partial charge in [0.25, 0.3) is 0 Å². The maximum Gasteiger partial charge on any atom is 0.443 e. The van der Waals surface area contributed by atoms with Gasteiger partial charge >= 0.3 is 11.7 Å². The zero-order valence-electron chi connectivity index (χ0n) is 16.0. The van der Waals surface area contributed by atoms with Crippen molar-refractivity contribution in [3.8, 4) is 0 Å². The van der Waals surface area contributed by atoms with Gasteiger partial charge in [0, 0.05) is 11.8 Å². The lowest BCUT2D eigenvalue weighted by atomic mass is 10.0. The van der Waals surface area contributed by atoms with Crippen LogP contribution in [0.1, 0.15) is 16.8 Å². The summed E-state index contributed by atoms with van der Waals surface area (Å²) in [5, 5.41) is 15.7. The third kappa shape index (κ3) is 4.15. The molecule has 0 radical (unpaired) electrons. The number of fused-ring (bicyclic) bond motifs is 1. The quantitative estimate of drug-likeness (QED) is 0.500. The summed E-state index contributed by atoms with van der Waals surface area (Å²) in [6.45, 7) is -0.0505. The van der Waals surface area contributed by atoms with E-state index in [0.29, 0.717) is 28.0 Å². The molecule has 0 aliphatic rings. The molecule has 30 heavy (non-hydrogen) atoms. The molecule has 1 heterocycles. The minimum Gasteiger partial charge on any atom is -0.463 e. The Labute approximate surface area is 172 Å². The summed E-state index contributed by atoms with van der Waals surface area (Å²) in [5.74, 6) is 0. The number of aromatic nitrogens is 2. The van der Waals surface area contributed by atoms with Crippen LogP contribution >= 0.6 is 0 Å². The molecule has 0 fully saturated rings. The topological polar surface area (TPSA) is 84.7 Å². The number of hydrogen-bond donors (Lipinski definition) is 1. The van der Waals surface area contributed by atoms with E-state index in [1.54, 1.807) is 36.4 Å². The van der Waals surface area contributed by atoms with Crippen LogP contribution in [0.4, 0.5) is 4.79 Å². The Morgan fingerprint density at radius 2 is 1.43 bits per heavy atom. The van der Waals surface area contributed by atoms with Gasteiger partial charge in [-0.2, -0.15) is 0 Å². The number of amides is 1. The lowest BCUT2D eigenvalue weighted by molar-refractivity contribution is -0.158. The molecule has 7 nitrogen and oxygen atoms in total. The molecule has 4 aromatic rings. The van der Waals surface area contributed by atoms with Crippen LogP contribution in [0.25, 0.3) is 10.8 Å². The SMILES string of the molecule is O=C(O)N(Cc1ccccc1)On1nc(Cc2ccccc2)c2ccccc2c1=O. The molecule has 0 aliphatic carbocycles. The summed E-state index contributed by atoms with van der Waals surface area (Å²) in [6, 6.07) is 25.8. The number of nitrogens with zero attached hydrogens (tertiary/aromatic N) is 3. The van der Waals surface area contributed by atoms with Gasteiger partial charge in [-0.15, -0.1) is 10.2 Å². The molecular formula is C23H19N3O4. The van der Waals surface area contributed by atoms with Gasteiger partial charge in [0.1, 0.15) is 0 Å². The average molecular weight is 401 g/mol. The van der Waals surface area contributed by atoms with Crippen LogP contribution in [0, 0.1) is 0 Å². The summed E-state index contributed by atoms with van der Waals surface area (Å²) < 4.78 is 0. The molecule has 0 aliphatic heterocycles. The van der Waals surface area contributed by atoms with Crippen molar-refractivity contribution < 1.29 is 14.8 Å². The predicted molar refractivity (Wildman–Crippen MR) is 112 cm³/mol. The molecule has 7 heteroatoms. The molecular weight excluding hydrogens is 382 g/mol. The van der Waals surface area contributed by atoms with Gasteiger partial charge in [0.15, 0.2) is 0 Å². The van der Waals surface area contributed by atoms with Crippen molar-refractivity contribution in [2.45, 2.75) is 13.0 Å². The first-order valence-electron chi connectivity index (χ1n) is 9.39. The number of carbonyl (C=O) groups is 1. The fraction of sp³-hybridized carbons (Fsp3) is 0.0870. The van der Waals surface area contributed by atoms with E-state index in [9.17, 15) is 14.7 Å². The van der Waals surface area contributed by atoms with E-state index in [4.69, 9.17) is 4.94 Å². The molecule has 3 aromatic carbocycles. The van der Waals surface area contributed by atoms with E-state index in [1.165, 1.54) is 0 Å². The maximum absolute atomic E-state index is 12.9. The highest BCUT2D eigenvalue weighted by molar-refractivity contribution is 5.83. The highest BCUT2D eigenvalue weighted by atomic mass is 16.8. The second-order valence-electron chi connectivity index (χ2n) is 6.72. The number of hydroxylamine groups is 2. The van der Waals surface area contributed by atoms with E-state index < -0.39 is 11.7 Å². The number of carboxylic acid groups (broad SMARTS) is 1. The number of hydrogen-bond acceptors (Lipinski definition) is 4. The van der Waals surface area contributed by atoms with Crippen molar-refractivity contribution in [2.75, 3.05) is 0 Å². The van der Waals surface area contributed by atoms with Crippen molar-refractivity contribution in [3.63, 3.8) is 0 Å². The molecule has 0 atom stereocenters. The van der Waals surface area contributed by atoms with Crippen molar-refractivity contribution >= 4 is 16.9 Å². The zero-order chi connectivity index (χ0) is 20.9. The second kappa shape index (κ2) is 8.48. The lowest BCUT2D eigenvalue weighted by Crippen LogP contribution is -2.43. The maximum atomic E-state index is 12.9. The Morgan fingerprint density at radius 1 is 0.867 bits per heavy atom. The minimum absolute atomic E-state index is 0.0505. The van der Waals surface area contributed by atoms with Crippen LogP contribution in [-0.2, 0) is 13.0 Å². The van der Waals surface area contributed by atoms with E-state index in [2.05, 4.69) is 5.10 Å². The Balaban J connectivity index is 1.73.